The molecular formula is C15H18O4. The number of hydrogen-bond donors (Lipinski definition) is 0. The van der Waals surface area contributed by atoms with Crippen LogP contribution >= 0.6 is 0 Å². The van der Waals surface area contributed by atoms with Crippen LogP contribution in [0.1, 0.15) is 43.0 Å². The number of carbonyl (C=O) groups excluding carboxylic acids is 2. The van der Waals surface area contributed by atoms with Crippen molar-refractivity contribution < 1.29 is 19.1 Å². The first-order chi connectivity index (χ1) is 9.04. The predicted molar refractivity (Wildman–Crippen MR) is 70.3 cm³/mol. The quantitative estimate of drug-likeness (QED) is 0.605. The highest BCUT2D eigenvalue weighted by molar-refractivity contribution is 5.94. The Kier molecular flexibility index (Phi) is 3.88. The highest BCUT2D eigenvalue weighted by Crippen LogP contribution is 2.39. The minimum Gasteiger partial charge on any atom is -0.487 e. The maximum Gasteiger partial charge on any atom is 0.309 e. The van der Waals surface area contributed by atoms with Crippen LogP contribution in [0.3, 0.4) is 0 Å². The Labute approximate surface area is 112 Å². The summed E-state index contributed by atoms with van der Waals surface area (Å²) in [6.45, 7) is 1.52. The molecule has 1 saturated carbocycles. The first-order valence-electron chi connectivity index (χ1n) is 6.41. The van der Waals surface area contributed by atoms with Gasteiger partial charge < -0.3 is 9.47 Å². The number of hydrogen-bond acceptors (Lipinski definition) is 4. The van der Waals surface area contributed by atoms with Crippen LogP contribution in [0.15, 0.2) is 24.3 Å². The second-order valence-electron chi connectivity index (χ2n) is 4.98. The van der Waals surface area contributed by atoms with Crippen LogP contribution in [0.4, 0.5) is 0 Å². The molecule has 1 aromatic carbocycles. The molecule has 4 heteroatoms. The molecule has 0 aliphatic heterocycles. The molecule has 0 saturated heterocycles. The zero-order chi connectivity index (χ0) is 13.9. The molecule has 0 aromatic heterocycles. The molecule has 2 rings (SSSR count). The van der Waals surface area contributed by atoms with Crippen molar-refractivity contribution in [2.24, 2.45) is 0 Å². The highest BCUT2D eigenvalue weighted by Gasteiger charge is 2.41. The smallest absolute Gasteiger partial charge is 0.309 e. The first kappa shape index (κ1) is 13.6. The summed E-state index contributed by atoms with van der Waals surface area (Å²) in [6, 6.07) is 7.07. The summed E-state index contributed by atoms with van der Waals surface area (Å²) in [7, 11) is 1.38. The van der Waals surface area contributed by atoms with Gasteiger partial charge in [-0.1, -0.05) is 12.1 Å². The molecule has 0 N–H and O–H groups in total. The lowest BCUT2D eigenvalue weighted by molar-refractivity contribution is -0.148. The van der Waals surface area contributed by atoms with Crippen molar-refractivity contribution in [3.8, 4) is 5.75 Å². The van der Waals surface area contributed by atoms with E-state index in [1.807, 2.05) is 6.07 Å². The molecule has 19 heavy (non-hydrogen) atoms. The van der Waals surface area contributed by atoms with E-state index in [-0.39, 0.29) is 18.2 Å². The zero-order valence-electron chi connectivity index (χ0n) is 11.3. The largest absolute Gasteiger partial charge is 0.487 e. The summed E-state index contributed by atoms with van der Waals surface area (Å²) in [6.07, 6.45) is 2.98. The summed E-state index contributed by atoms with van der Waals surface area (Å²) in [4.78, 5) is 22.8. The van der Waals surface area contributed by atoms with Gasteiger partial charge in [-0.15, -0.1) is 0 Å². The van der Waals surface area contributed by atoms with E-state index in [1.165, 1.54) is 14.0 Å². The predicted octanol–water partition coefficient (Wildman–Crippen LogP) is 2.75. The van der Waals surface area contributed by atoms with Crippen molar-refractivity contribution in [3.05, 3.63) is 29.8 Å². The lowest BCUT2D eigenvalue weighted by atomic mass is 9.77. The summed E-state index contributed by atoms with van der Waals surface area (Å²) in [5.41, 5.74) is 0.160. The van der Waals surface area contributed by atoms with Gasteiger partial charge in [0.25, 0.3) is 0 Å². The van der Waals surface area contributed by atoms with Gasteiger partial charge >= 0.3 is 5.97 Å². The average Bonchev–Trinajstić information content (AvgIpc) is 2.36. The van der Waals surface area contributed by atoms with Gasteiger partial charge in [-0.25, -0.2) is 0 Å². The maximum atomic E-state index is 11.4. The monoisotopic (exact) mass is 262 g/mol. The van der Waals surface area contributed by atoms with Gasteiger partial charge in [0.1, 0.15) is 11.4 Å². The number of benzene rings is 1. The van der Waals surface area contributed by atoms with Gasteiger partial charge in [0, 0.05) is 5.56 Å². The average molecular weight is 262 g/mol. The molecule has 1 aromatic rings. The van der Waals surface area contributed by atoms with Crippen molar-refractivity contribution in [1.82, 2.24) is 0 Å². The second kappa shape index (κ2) is 5.43. The Balaban J connectivity index is 2.12. The lowest BCUT2D eigenvalue weighted by Crippen LogP contribution is -2.45. The minimum atomic E-state index is -0.456. The molecule has 4 nitrogen and oxygen atoms in total. The van der Waals surface area contributed by atoms with Crippen molar-refractivity contribution in [2.45, 2.75) is 38.2 Å². The third-order valence-corrected chi connectivity index (χ3v) is 3.53. The van der Waals surface area contributed by atoms with Gasteiger partial charge in [0.2, 0.25) is 0 Å². The topological polar surface area (TPSA) is 52.6 Å². The van der Waals surface area contributed by atoms with Crippen LogP contribution < -0.4 is 4.74 Å². The first-order valence-corrected chi connectivity index (χ1v) is 6.41. The zero-order valence-corrected chi connectivity index (χ0v) is 11.3. The maximum absolute atomic E-state index is 11.4. The van der Waals surface area contributed by atoms with Gasteiger partial charge in [-0.3, -0.25) is 9.59 Å². The van der Waals surface area contributed by atoms with E-state index in [4.69, 9.17) is 9.47 Å². The number of ether oxygens (including phenoxy) is 2. The highest BCUT2D eigenvalue weighted by atomic mass is 16.5. The molecule has 0 heterocycles. The third kappa shape index (κ3) is 3.13. The van der Waals surface area contributed by atoms with Crippen LogP contribution in [0.25, 0.3) is 0 Å². The molecule has 0 radical (unpaired) electrons. The van der Waals surface area contributed by atoms with Gasteiger partial charge in [0.05, 0.1) is 13.5 Å². The SMILES string of the molecule is COC(=O)CC1(Oc2cccc(C(C)=O)c2)CCC1. The number of rotatable bonds is 5. The molecule has 1 fully saturated rings. The lowest BCUT2D eigenvalue weighted by Gasteiger charge is -2.41. The number of methoxy groups -OCH3 is 1. The second-order valence-corrected chi connectivity index (χ2v) is 4.98. The molecule has 0 spiro atoms. The fourth-order valence-electron chi connectivity index (χ4n) is 2.25. The molecule has 102 valence electrons. The fourth-order valence-corrected chi connectivity index (χ4v) is 2.25. The van der Waals surface area contributed by atoms with Crippen LogP contribution in [-0.4, -0.2) is 24.5 Å². The van der Waals surface area contributed by atoms with Crippen LogP contribution in [0.2, 0.25) is 0 Å². The van der Waals surface area contributed by atoms with E-state index >= 15 is 0 Å². The van der Waals surface area contributed by atoms with E-state index in [1.54, 1.807) is 18.2 Å². The van der Waals surface area contributed by atoms with Crippen LogP contribution in [0.5, 0.6) is 5.75 Å². The fraction of sp³-hybridized carbons (Fsp3) is 0.467. The summed E-state index contributed by atoms with van der Waals surface area (Å²) in [5.74, 6) is 0.375. The van der Waals surface area contributed by atoms with Crippen LogP contribution in [0, 0.1) is 0 Å². The van der Waals surface area contributed by atoms with E-state index < -0.39 is 5.60 Å². The molecule has 0 bridgehead atoms. The van der Waals surface area contributed by atoms with Crippen molar-refractivity contribution in [2.75, 3.05) is 7.11 Å². The Morgan fingerprint density at radius 3 is 2.58 bits per heavy atom. The van der Waals surface area contributed by atoms with Crippen molar-refractivity contribution >= 4 is 11.8 Å². The van der Waals surface area contributed by atoms with Crippen LogP contribution in [-0.2, 0) is 9.53 Å². The Hall–Kier alpha value is -1.84. The third-order valence-electron chi connectivity index (χ3n) is 3.53. The number of ketones is 1. The van der Waals surface area contributed by atoms with Crippen molar-refractivity contribution in [1.29, 1.82) is 0 Å². The molecule has 0 unspecified atom stereocenters. The Bertz CT molecular complexity index is 489. The molecule has 1 aliphatic carbocycles. The number of esters is 1. The van der Waals surface area contributed by atoms with E-state index in [2.05, 4.69) is 0 Å². The Morgan fingerprint density at radius 1 is 1.32 bits per heavy atom. The normalized spacial score (nSPS) is 16.3. The standard InChI is InChI=1S/C15H18O4/c1-11(16)12-5-3-6-13(9-12)19-15(7-4-8-15)10-14(17)18-2/h3,5-6,9H,4,7-8,10H2,1-2H3. The molecule has 0 amide bonds. The Morgan fingerprint density at radius 2 is 2.05 bits per heavy atom. The van der Waals surface area contributed by atoms with Gasteiger partial charge in [-0.2, -0.15) is 0 Å². The summed E-state index contributed by atoms with van der Waals surface area (Å²) in [5, 5.41) is 0. The van der Waals surface area contributed by atoms with E-state index in [9.17, 15) is 9.59 Å². The number of carbonyl (C=O) groups is 2. The molecular weight excluding hydrogens is 244 g/mol. The minimum absolute atomic E-state index is 0.000998. The summed E-state index contributed by atoms with van der Waals surface area (Å²) < 4.78 is 10.7. The molecule has 0 atom stereocenters. The van der Waals surface area contributed by atoms with Crippen molar-refractivity contribution in [3.63, 3.8) is 0 Å². The van der Waals surface area contributed by atoms with E-state index in [0.717, 1.165) is 19.3 Å². The summed E-state index contributed by atoms with van der Waals surface area (Å²) >= 11 is 0. The van der Waals surface area contributed by atoms with Gasteiger partial charge in [0.15, 0.2) is 5.78 Å². The number of Topliss-reactive ketones (excluding diaryl/α,β-unsaturated/α-hetero) is 1. The van der Waals surface area contributed by atoms with E-state index in [0.29, 0.717) is 11.3 Å². The molecule has 1 aliphatic rings. The van der Waals surface area contributed by atoms with Gasteiger partial charge in [-0.05, 0) is 38.3 Å².